The number of rotatable bonds is 2. The van der Waals surface area contributed by atoms with Crippen LogP contribution in [-0.4, -0.2) is 0 Å². The summed E-state index contributed by atoms with van der Waals surface area (Å²) < 4.78 is 5.80. The van der Waals surface area contributed by atoms with Crippen LogP contribution in [-0.2, 0) is 4.74 Å². The summed E-state index contributed by atoms with van der Waals surface area (Å²) in [5.74, 6) is 0. The zero-order valence-corrected chi connectivity index (χ0v) is 11.5. The van der Waals surface area contributed by atoms with Crippen LogP contribution in [0.15, 0.2) is 85.3 Å². The first-order chi connectivity index (χ1) is 10.4. The van der Waals surface area contributed by atoms with Crippen molar-refractivity contribution in [2.24, 2.45) is 0 Å². The van der Waals surface area contributed by atoms with Gasteiger partial charge in [-0.1, -0.05) is 54.6 Å². The summed E-state index contributed by atoms with van der Waals surface area (Å²) in [6.45, 7) is 0. The lowest BCUT2D eigenvalue weighted by Crippen LogP contribution is -2.19. The molecular formula is C19H15NO. The first kappa shape index (κ1) is 12.0. The van der Waals surface area contributed by atoms with Crippen LogP contribution in [0.1, 0.15) is 11.8 Å². The molecule has 1 aliphatic rings. The summed E-state index contributed by atoms with van der Waals surface area (Å²) in [7, 11) is 0. The van der Waals surface area contributed by atoms with Crippen molar-refractivity contribution >= 4 is 16.5 Å². The van der Waals surface area contributed by atoms with Gasteiger partial charge in [0.05, 0.1) is 0 Å². The Balaban J connectivity index is 1.74. The predicted molar refractivity (Wildman–Crippen MR) is 85.8 cm³/mol. The molecule has 0 fully saturated rings. The molecule has 0 N–H and O–H groups in total. The molecule has 1 aliphatic heterocycles. The molecule has 0 radical (unpaired) electrons. The number of anilines is 1. The maximum atomic E-state index is 5.80. The summed E-state index contributed by atoms with van der Waals surface area (Å²) in [6.07, 6.45) is 3.64. The lowest BCUT2D eigenvalue weighted by molar-refractivity contribution is 0.174. The van der Waals surface area contributed by atoms with Crippen molar-refractivity contribution in [3.8, 4) is 0 Å². The Morgan fingerprint density at radius 3 is 2.38 bits per heavy atom. The van der Waals surface area contributed by atoms with Crippen molar-refractivity contribution in [3.63, 3.8) is 0 Å². The van der Waals surface area contributed by atoms with Crippen LogP contribution >= 0.6 is 0 Å². The molecule has 0 bridgehead atoms. The van der Waals surface area contributed by atoms with Gasteiger partial charge in [-0.3, -0.25) is 0 Å². The molecule has 0 saturated carbocycles. The number of fused-ring (bicyclic) bond motifs is 1. The Labute approximate surface area is 123 Å². The average molecular weight is 273 g/mol. The van der Waals surface area contributed by atoms with Gasteiger partial charge in [0.2, 0.25) is 6.23 Å². The number of ether oxygens (including phenoxy) is 1. The quantitative estimate of drug-likeness (QED) is 0.662. The van der Waals surface area contributed by atoms with E-state index in [-0.39, 0.29) is 6.23 Å². The SMILES string of the molecule is C1=CN(c2ccccc2)C(c2ccc3ccccc3c2)O1. The monoisotopic (exact) mass is 273 g/mol. The highest BCUT2D eigenvalue weighted by Crippen LogP contribution is 2.33. The van der Waals surface area contributed by atoms with E-state index in [9.17, 15) is 0 Å². The number of benzene rings is 3. The molecule has 3 aromatic carbocycles. The number of nitrogens with zero attached hydrogens (tertiary/aromatic N) is 1. The summed E-state index contributed by atoms with van der Waals surface area (Å²) >= 11 is 0. The molecule has 0 aliphatic carbocycles. The molecule has 3 aromatic rings. The fourth-order valence-corrected chi connectivity index (χ4v) is 2.74. The molecule has 1 unspecified atom stereocenters. The fourth-order valence-electron chi connectivity index (χ4n) is 2.74. The van der Waals surface area contributed by atoms with E-state index in [1.165, 1.54) is 10.8 Å². The Kier molecular flexibility index (Phi) is 2.86. The highest BCUT2D eigenvalue weighted by Gasteiger charge is 2.23. The maximum Gasteiger partial charge on any atom is 0.201 e. The third-order valence-corrected chi connectivity index (χ3v) is 3.79. The van der Waals surface area contributed by atoms with E-state index in [2.05, 4.69) is 59.5 Å². The molecule has 0 spiro atoms. The predicted octanol–water partition coefficient (Wildman–Crippen LogP) is 4.85. The van der Waals surface area contributed by atoms with Crippen molar-refractivity contribution in [1.29, 1.82) is 0 Å². The van der Waals surface area contributed by atoms with E-state index in [1.807, 2.05) is 24.4 Å². The van der Waals surface area contributed by atoms with E-state index < -0.39 is 0 Å². The Morgan fingerprint density at radius 2 is 1.52 bits per heavy atom. The molecule has 1 heterocycles. The Morgan fingerprint density at radius 1 is 0.762 bits per heavy atom. The van der Waals surface area contributed by atoms with Crippen LogP contribution < -0.4 is 4.90 Å². The Hall–Kier alpha value is -2.74. The van der Waals surface area contributed by atoms with Gasteiger partial charge < -0.3 is 9.64 Å². The first-order valence-electron chi connectivity index (χ1n) is 7.06. The van der Waals surface area contributed by atoms with Crippen LogP contribution in [0, 0.1) is 0 Å². The molecule has 4 rings (SSSR count). The summed E-state index contributed by atoms with van der Waals surface area (Å²) in [5, 5.41) is 2.48. The molecule has 2 nitrogen and oxygen atoms in total. The summed E-state index contributed by atoms with van der Waals surface area (Å²) in [4.78, 5) is 2.14. The average Bonchev–Trinajstić information content (AvgIpc) is 3.05. The van der Waals surface area contributed by atoms with Crippen LogP contribution in [0.2, 0.25) is 0 Å². The van der Waals surface area contributed by atoms with E-state index in [1.54, 1.807) is 6.26 Å². The van der Waals surface area contributed by atoms with Crippen molar-refractivity contribution in [2.75, 3.05) is 4.90 Å². The molecule has 2 heteroatoms. The zero-order valence-electron chi connectivity index (χ0n) is 11.5. The zero-order chi connectivity index (χ0) is 14.1. The highest BCUT2D eigenvalue weighted by atomic mass is 16.5. The van der Waals surface area contributed by atoms with Gasteiger partial charge in [0.25, 0.3) is 0 Å². The van der Waals surface area contributed by atoms with E-state index in [0.29, 0.717) is 0 Å². The van der Waals surface area contributed by atoms with Gasteiger partial charge >= 0.3 is 0 Å². The molecule has 0 amide bonds. The minimum atomic E-state index is -0.1000. The second-order valence-corrected chi connectivity index (χ2v) is 5.12. The third-order valence-electron chi connectivity index (χ3n) is 3.79. The lowest BCUT2D eigenvalue weighted by Gasteiger charge is -2.24. The minimum Gasteiger partial charge on any atom is -0.472 e. The van der Waals surface area contributed by atoms with Crippen LogP contribution in [0.3, 0.4) is 0 Å². The maximum absolute atomic E-state index is 5.80. The van der Waals surface area contributed by atoms with Crippen molar-refractivity contribution in [2.45, 2.75) is 6.23 Å². The third kappa shape index (κ3) is 2.15. The smallest absolute Gasteiger partial charge is 0.201 e. The Bertz CT molecular complexity index is 795. The summed E-state index contributed by atoms with van der Waals surface area (Å²) in [5.41, 5.74) is 2.28. The molecule has 0 saturated heterocycles. The van der Waals surface area contributed by atoms with Gasteiger partial charge in [0, 0.05) is 17.5 Å². The highest BCUT2D eigenvalue weighted by molar-refractivity contribution is 5.83. The molecular weight excluding hydrogens is 258 g/mol. The van der Waals surface area contributed by atoms with Crippen LogP contribution in [0.5, 0.6) is 0 Å². The van der Waals surface area contributed by atoms with Gasteiger partial charge in [0.15, 0.2) is 0 Å². The minimum absolute atomic E-state index is 0.1000. The standard InChI is InChI=1S/C19H15NO/c1-2-8-18(9-3-1)20-12-13-21-19(20)17-11-10-15-6-4-5-7-16(15)14-17/h1-14,19H. The van der Waals surface area contributed by atoms with E-state index >= 15 is 0 Å². The molecule has 0 aromatic heterocycles. The molecule has 1 atom stereocenters. The van der Waals surface area contributed by atoms with Crippen LogP contribution in [0.25, 0.3) is 10.8 Å². The van der Waals surface area contributed by atoms with Gasteiger partial charge in [-0.25, -0.2) is 0 Å². The normalized spacial score (nSPS) is 17.1. The van der Waals surface area contributed by atoms with Crippen molar-refractivity contribution in [1.82, 2.24) is 0 Å². The number of hydrogen-bond donors (Lipinski definition) is 0. The van der Waals surface area contributed by atoms with Crippen LogP contribution in [0.4, 0.5) is 5.69 Å². The first-order valence-corrected chi connectivity index (χ1v) is 7.06. The van der Waals surface area contributed by atoms with Gasteiger partial charge in [-0.05, 0) is 29.0 Å². The van der Waals surface area contributed by atoms with E-state index in [0.717, 1.165) is 11.3 Å². The van der Waals surface area contributed by atoms with Crippen molar-refractivity contribution < 1.29 is 4.74 Å². The largest absolute Gasteiger partial charge is 0.472 e. The molecule has 21 heavy (non-hydrogen) atoms. The number of para-hydroxylation sites is 1. The lowest BCUT2D eigenvalue weighted by atomic mass is 10.1. The number of hydrogen-bond acceptors (Lipinski definition) is 2. The second-order valence-electron chi connectivity index (χ2n) is 5.12. The topological polar surface area (TPSA) is 12.5 Å². The van der Waals surface area contributed by atoms with E-state index in [4.69, 9.17) is 4.74 Å². The van der Waals surface area contributed by atoms with Gasteiger partial charge in [-0.15, -0.1) is 0 Å². The van der Waals surface area contributed by atoms with Gasteiger partial charge in [0.1, 0.15) is 6.26 Å². The van der Waals surface area contributed by atoms with Gasteiger partial charge in [-0.2, -0.15) is 0 Å². The second kappa shape index (κ2) is 4.98. The summed E-state index contributed by atoms with van der Waals surface area (Å²) in [6, 6.07) is 25.2. The fraction of sp³-hybridized carbons (Fsp3) is 0.0526. The van der Waals surface area contributed by atoms with Crippen molar-refractivity contribution in [3.05, 3.63) is 90.8 Å². The molecule has 102 valence electrons.